The predicted octanol–water partition coefficient (Wildman–Crippen LogP) is 3.60. The molecule has 0 bridgehead atoms. The summed E-state index contributed by atoms with van der Waals surface area (Å²) in [5, 5.41) is 0. The van der Waals surface area contributed by atoms with Crippen LogP contribution in [-0.2, 0) is 14.8 Å². The van der Waals surface area contributed by atoms with Crippen molar-refractivity contribution in [3.8, 4) is 11.5 Å². The van der Waals surface area contributed by atoms with Gasteiger partial charge in [-0.3, -0.25) is 4.72 Å². The van der Waals surface area contributed by atoms with E-state index in [2.05, 4.69) is 4.72 Å². The van der Waals surface area contributed by atoms with Crippen LogP contribution in [0.1, 0.15) is 36.0 Å². The lowest BCUT2D eigenvalue weighted by Crippen LogP contribution is -2.19. The second kappa shape index (κ2) is 8.52. The van der Waals surface area contributed by atoms with Gasteiger partial charge in [-0.1, -0.05) is 12.1 Å². The quantitative estimate of drug-likeness (QED) is 0.708. The summed E-state index contributed by atoms with van der Waals surface area (Å²) < 4.78 is 43.9. The second-order valence-corrected chi connectivity index (χ2v) is 8.16. The molecule has 28 heavy (non-hydrogen) atoms. The molecule has 1 aliphatic rings. The van der Waals surface area contributed by atoms with E-state index >= 15 is 0 Å². The van der Waals surface area contributed by atoms with E-state index in [-0.39, 0.29) is 22.3 Å². The molecule has 0 radical (unpaired) electrons. The van der Waals surface area contributed by atoms with E-state index in [1.54, 1.807) is 18.2 Å². The van der Waals surface area contributed by atoms with Crippen molar-refractivity contribution in [3.63, 3.8) is 0 Å². The molecule has 0 atom stereocenters. The number of hydrogen-bond donors (Lipinski definition) is 1. The molecule has 0 unspecified atom stereocenters. The third-order valence-electron chi connectivity index (χ3n) is 4.63. The zero-order valence-corrected chi connectivity index (χ0v) is 16.6. The van der Waals surface area contributed by atoms with Crippen LogP contribution in [0.15, 0.2) is 47.4 Å². The van der Waals surface area contributed by atoms with E-state index in [0.29, 0.717) is 11.5 Å². The van der Waals surface area contributed by atoms with Gasteiger partial charge in [0, 0.05) is 6.07 Å². The van der Waals surface area contributed by atoms with Gasteiger partial charge in [0.15, 0.2) is 11.5 Å². The average Bonchev–Trinajstić information content (AvgIpc) is 3.20. The molecule has 2 aromatic carbocycles. The zero-order valence-electron chi connectivity index (χ0n) is 15.8. The van der Waals surface area contributed by atoms with Crippen LogP contribution in [0.3, 0.4) is 0 Å². The van der Waals surface area contributed by atoms with Gasteiger partial charge in [-0.2, -0.15) is 0 Å². The first-order valence-corrected chi connectivity index (χ1v) is 10.5. The highest BCUT2D eigenvalue weighted by Crippen LogP contribution is 2.31. The molecule has 0 spiro atoms. The summed E-state index contributed by atoms with van der Waals surface area (Å²) >= 11 is 0. The van der Waals surface area contributed by atoms with E-state index < -0.39 is 16.0 Å². The topological polar surface area (TPSA) is 90.9 Å². The van der Waals surface area contributed by atoms with Crippen LogP contribution < -0.4 is 14.2 Å². The van der Waals surface area contributed by atoms with E-state index in [4.69, 9.17) is 14.2 Å². The van der Waals surface area contributed by atoms with Crippen LogP contribution in [0.5, 0.6) is 11.5 Å². The minimum atomic E-state index is -3.95. The first-order valence-electron chi connectivity index (χ1n) is 8.99. The smallest absolute Gasteiger partial charge is 0.340 e. The molecule has 1 saturated carbocycles. The normalized spacial score (nSPS) is 14.5. The number of nitrogens with one attached hydrogen (secondary N) is 1. The Hall–Kier alpha value is -2.74. The SMILES string of the molecule is COc1ccc(S(=O)(=O)Nc2ccccc2C(=O)OC2CCCC2)cc1OC. The van der Waals surface area contributed by atoms with E-state index in [1.807, 2.05) is 0 Å². The summed E-state index contributed by atoms with van der Waals surface area (Å²) in [5.74, 6) is 0.179. The maximum absolute atomic E-state index is 12.8. The Morgan fingerprint density at radius 1 is 1.00 bits per heavy atom. The van der Waals surface area contributed by atoms with Crippen molar-refractivity contribution in [1.29, 1.82) is 0 Å². The maximum Gasteiger partial charge on any atom is 0.340 e. The molecule has 8 heteroatoms. The van der Waals surface area contributed by atoms with E-state index in [1.165, 1.54) is 38.5 Å². The summed E-state index contributed by atoms with van der Waals surface area (Å²) in [4.78, 5) is 12.5. The van der Waals surface area contributed by atoms with Crippen molar-refractivity contribution >= 4 is 21.7 Å². The molecule has 1 fully saturated rings. The van der Waals surface area contributed by atoms with Crippen LogP contribution in [0.25, 0.3) is 0 Å². The zero-order chi connectivity index (χ0) is 20.1. The summed E-state index contributed by atoms with van der Waals surface area (Å²) in [6.45, 7) is 0. The Morgan fingerprint density at radius 2 is 1.68 bits per heavy atom. The van der Waals surface area contributed by atoms with Gasteiger partial charge in [0.2, 0.25) is 0 Å². The summed E-state index contributed by atoms with van der Waals surface area (Å²) in [6.07, 6.45) is 3.64. The summed E-state index contributed by atoms with van der Waals surface area (Å²) in [7, 11) is -1.05. The fraction of sp³-hybridized carbons (Fsp3) is 0.350. The van der Waals surface area contributed by atoms with Crippen molar-refractivity contribution in [2.75, 3.05) is 18.9 Å². The van der Waals surface area contributed by atoms with Gasteiger partial charge in [-0.15, -0.1) is 0 Å². The van der Waals surface area contributed by atoms with Crippen molar-refractivity contribution in [2.45, 2.75) is 36.7 Å². The van der Waals surface area contributed by atoms with Gasteiger partial charge in [0.1, 0.15) is 6.10 Å². The minimum absolute atomic E-state index is 0.0101. The molecular formula is C20H23NO6S. The number of benzene rings is 2. The molecule has 0 aliphatic heterocycles. The lowest BCUT2D eigenvalue weighted by Gasteiger charge is -2.15. The van der Waals surface area contributed by atoms with E-state index in [0.717, 1.165) is 25.7 Å². The van der Waals surface area contributed by atoms with Crippen molar-refractivity contribution in [3.05, 3.63) is 48.0 Å². The van der Waals surface area contributed by atoms with Gasteiger partial charge >= 0.3 is 5.97 Å². The summed E-state index contributed by atoms with van der Waals surface area (Å²) in [6, 6.07) is 10.7. The largest absolute Gasteiger partial charge is 0.493 e. The summed E-state index contributed by atoms with van der Waals surface area (Å²) in [5.41, 5.74) is 0.346. The number of hydrogen-bond acceptors (Lipinski definition) is 6. The number of sulfonamides is 1. The average molecular weight is 405 g/mol. The predicted molar refractivity (Wildman–Crippen MR) is 104 cm³/mol. The van der Waals surface area contributed by atoms with Crippen molar-refractivity contribution < 1.29 is 27.4 Å². The Bertz CT molecular complexity index is 951. The first kappa shape index (κ1) is 20.0. The number of carbonyl (C=O) groups is 1. The van der Waals surface area contributed by atoms with Crippen LogP contribution in [0.4, 0.5) is 5.69 Å². The standard InChI is InChI=1S/C20H23NO6S/c1-25-18-12-11-15(13-19(18)26-2)28(23,24)21-17-10-6-5-9-16(17)20(22)27-14-7-3-4-8-14/h5-6,9-14,21H,3-4,7-8H2,1-2H3. The van der Waals surface area contributed by atoms with Gasteiger partial charge in [0.05, 0.1) is 30.4 Å². The Labute approximate surface area is 164 Å². The number of para-hydroxylation sites is 1. The van der Waals surface area contributed by atoms with Crippen LogP contribution in [-0.4, -0.2) is 34.7 Å². The fourth-order valence-electron chi connectivity index (χ4n) is 3.16. The fourth-order valence-corrected chi connectivity index (χ4v) is 4.25. The number of carbonyl (C=O) groups excluding carboxylic acids is 1. The molecule has 0 saturated heterocycles. The number of rotatable bonds is 7. The number of anilines is 1. The van der Waals surface area contributed by atoms with Gasteiger partial charge < -0.3 is 14.2 Å². The van der Waals surface area contributed by atoms with Gasteiger partial charge in [-0.25, -0.2) is 13.2 Å². The second-order valence-electron chi connectivity index (χ2n) is 6.48. The molecule has 0 aromatic heterocycles. The minimum Gasteiger partial charge on any atom is -0.493 e. The highest BCUT2D eigenvalue weighted by molar-refractivity contribution is 7.92. The van der Waals surface area contributed by atoms with Crippen molar-refractivity contribution in [1.82, 2.24) is 0 Å². The number of methoxy groups -OCH3 is 2. The Balaban J connectivity index is 1.85. The van der Waals surface area contributed by atoms with E-state index in [9.17, 15) is 13.2 Å². The molecule has 0 amide bonds. The molecule has 150 valence electrons. The highest BCUT2D eigenvalue weighted by Gasteiger charge is 2.24. The van der Waals surface area contributed by atoms with Crippen molar-refractivity contribution in [2.24, 2.45) is 0 Å². The van der Waals surface area contributed by atoms with Crippen LogP contribution in [0.2, 0.25) is 0 Å². The monoisotopic (exact) mass is 405 g/mol. The molecule has 7 nitrogen and oxygen atoms in total. The number of esters is 1. The molecular weight excluding hydrogens is 382 g/mol. The highest BCUT2D eigenvalue weighted by atomic mass is 32.2. The first-order chi connectivity index (χ1) is 13.4. The molecule has 1 aliphatic carbocycles. The molecule has 3 rings (SSSR count). The Morgan fingerprint density at radius 3 is 2.36 bits per heavy atom. The molecule has 1 N–H and O–H groups in total. The third kappa shape index (κ3) is 4.39. The van der Waals surface area contributed by atoms with Crippen LogP contribution in [0, 0.1) is 0 Å². The Kier molecular flexibility index (Phi) is 6.08. The van der Waals surface area contributed by atoms with Crippen LogP contribution >= 0.6 is 0 Å². The molecule has 2 aromatic rings. The molecule has 0 heterocycles. The lowest BCUT2D eigenvalue weighted by atomic mass is 10.2. The number of ether oxygens (including phenoxy) is 3. The lowest BCUT2D eigenvalue weighted by molar-refractivity contribution is 0.0319. The van der Waals surface area contributed by atoms with Gasteiger partial charge in [0.25, 0.3) is 10.0 Å². The van der Waals surface area contributed by atoms with Gasteiger partial charge in [-0.05, 0) is 49.9 Å². The maximum atomic E-state index is 12.8. The third-order valence-corrected chi connectivity index (χ3v) is 6.00.